The second-order valence-corrected chi connectivity index (χ2v) is 5.17. The summed E-state index contributed by atoms with van der Waals surface area (Å²) in [7, 11) is 1.78. The van der Waals surface area contributed by atoms with E-state index in [1.165, 1.54) is 0 Å². The first-order valence-electron chi connectivity index (χ1n) is 6.02. The number of aromatic nitrogens is 3. The van der Waals surface area contributed by atoms with E-state index in [2.05, 4.69) is 15.4 Å². The van der Waals surface area contributed by atoms with Gasteiger partial charge >= 0.3 is 0 Å². The molecule has 0 bridgehead atoms. The Morgan fingerprint density at radius 2 is 2.10 bits per heavy atom. The first-order chi connectivity index (χ1) is 9.72. The number of benzene rings is 1. The number of amides is 1. The van der Waals surface area contributed by atoms with Gasteiger partial charge in [-0.1, -0.05) is 0 Å². The van der Waals surface area contributed by atoms with E-state index in [1.807, 2.05) is 29.6 Å². The Bertz CT molecular complexity index is 716. The van der Waals surface area contributed by atoms with Gasteiger partial charge in [0.15, 0.2) is 0 Å². The predicted octanol–water partition coefficient (Wildman–Crippen LogP) is 2.80. The van der Waals surface area contributed by atoms with Crippen molar-refractivity contribution in [3.05, 3.63) is 53.8 Å². The minimum atomic E-state index is -0.167. The lowest BCUT2D eigenvalue weighted by Crippen LogP contribution is -2.10. The van der Waals surface area contributed by atoms with Gasteiger partial charge in [0, 0.05) is 36.1 Å². The Morgan fingerprint density at radius 3 is 2.70 bits per heavy atom. The van der Waals surface area contributed by atoms with Gasteiger partial charge in [-0.05, 0) is 24.3 Å². The molecule has 3 aromatic rings. The molecule has 0 atom stereocenters. The molecule has 2 heterocycles. The van der Waals surface area contributed by atoms with Crippen molar-refractivity contribution in [1.29, 1.82) is 0 Å². The molecule has 1 N–H and O–H groups in total. The van der Waals surface area contributed by atoms with Crippen LogP contribution in [-0.4, -0.2) is 20.7 Å². The average Bonchev–Trinajstić information content (AvgIpc) is 3.10. The van der Waals surface area contributed by atoms with Crippen LogP contribution in [0.1, 0.15) is 10.4 Å². The molecular weight excluding hydrogens is 272 g/mol. The maximum atomic E-state index is 12.0. The lowest BCUT2D eigenvalue weighted by atomic mass is 10.2. The number of carbonyl (C=O) groups excluding carboxylic acids is 1. The Labute approximate surface area is 119 Å². The standard InChI is InChI=1S/C14H12N4OS/c1-18-9-11(8-16-18)13(19)17-12-4-2-10(3-5-12)14-15-6-7-20-14/h2-9H,1H3,(H,17,19). The van der Waals surface area contributed by atoms with Gasteiger partial charge in [0.2, 0.25) is 0 Å². The summed E-state index contributed by atoms with van der Waals surface area (Å²) in [5.74, 6) is -0.167. The molecule has 0 aliphatic heterocycles. The Kier molecular flexibility index (Phi) is 3.30. The number of anilines is 1. The Balaban J connectivity index is 1.74. The molecule has 20 heavy (non-hydrogen) atoms. The van der Waals surface area contributed by atoms with Crippen LogP contribution >= 0.6 is 11.3 Å². The topological polar surface area (TPSA) is 59.8 Å². The zero-order valence-electron chi connectivity index (χ0n) is 10.8. The molecule has 0 spiro atoms. The SMILES string of the molecule is Cn1cc(C(=O)Nc2ccc(-c3nccs3)cc2)cn1. The Morgan fingerprint density at radius 1 is 1.30 bits per heavy atom. The van der Waals surface area contributed by atoms with Crippen molar-refractivity contribution in [1.82, 2.24) is 14.8 Å². The van der Waals surface area contributed by atoms with Crippen molar-refractivity contribution in [2.45, 2.75) is 0 Å². The van der Waals surface area contributed by atoms with Gasteiger partial charge in [0.05, 0.1) is 11.8 Å². The van der Waals surface area contributed by atoms with Gasteiger partial charge in [-0.2, -0.15) is 5.10 Å². The highest BCUT2D eigenvalue weighted by molar-refractivity contribution is 7.13. The summed E-state index contributed by atoms with van der Waals surface area (Å²) in [6.07, 6.45) is 5.00. The first-order valence-corrected chi connectivity index (χ1v) is 6.90. The van der Waals surface area contributed by atoms with Crippen LogP contribution in [0.2, 0.25) is 0 Å². The third-order valence-corrected chi connectivity index (χ3v) is 3.61. The van der Waals surface area contributed by atoms with E-state index in [-0.39, 0.29) is 5.91 Å². The number of hydrogen-bond donors (Lipinski definition) is 1. The van der Waals surface area contributed by atoms with Crippen molar-refractivity contribution in [3.8, 4) is 10.6 Å². The number of thiazole rings is 1. The number of aryl methyl sites for hydroxylation is 1. The van der Waals surface area contributed by atoms with E-state index in [0.717, 1.165) is 16.3 Å². The molecule has 0 unspecified atom stereocenters. The Hall–Kier alpha value is -2.47. The van der Waals surface area contributed by atoms with E-state index < -0.39 is 0 Å². The third-order valence-electron chi connectivity index (χ3n) is 2.79. The summed E-state index contributed by atoms with van der Waals surface area (Å²) in [6.45, 7) is 0. The normalized spacial score (nSPS) is 10.4. The van der Waals surface area contributed by atoms with Crippen LogP contribution in [0.15, 0.2) is 48.2 Å². The molecule has 0 saturated heterocycles. The summed E-state index contributed by atoms with van der Waals surface area (Å²) in [4.78, 5) is 16.2. The quantitative estimate of drug-likeness (QED) is 0.804. The summed E-state index contributed by atoms with van der Waals surface area (Å²) >= 11 is 1.59. The molecule has 100 valence electrons. The molecule has 5 nitrogen and oxygen atoms in total. The zero-order chi connectivity index (χ0) is 13.9. The fourth-order valence-corrected chi connectivity index (χ4v) is 2.45. The van der Waals surface area contributed by atoms with Gasteiger partial charge in [-0.3, -0.25) is 9.48 Å². The molecule has 1 aromatic carbocycles. The van der Waals surface area contributed by atoms with E-state index in [4.69, 9.17) is 0 Å². The zero-order valence-corrected chi connectivity index (χ0v) is 11.6. The van der Waals surface area contributed by atoms with Crippen molar-refractivity contribution >= 4 is 22.9 Å². The van der Waals surface area contributed by atoms with E-state index in [0.29, 0.717) is 5.56 Å². The van der Waals surface area contributed by atoms with Crippen LogP contribution < -0.4 is 5.32 Å². The predicted molar refractivity (Wildman–Crippen MR) is 78.7 cm³/mol. The van der Waals surface area contributed by atoms with E-state index >= 15 is 0 Å². The smallest absolute Gasteiger partial charge is 0.258 e. The van der Waals surface area contributed by atoms with Crippen LogP contribution in [0, 0.1) is 0 Å². The minimum absolute atomic E-state index is 0.167. The van der Waals surface area contributed by atoms with Gasteiger partial charge < -0.3 is 5.32 Å². The molecule has 6 heteroatoms. The monoisotopic (exact) mass is 284 g/mol. The van der Waals surface area contributed by atoms with Crippen molar-refractivity contribution in [3.63, 3.8) is 0 Å². The van der Waals surface area contributed by atoms with Crippen LogP contribution in [0.3, 0.4) is 0 Å². The molecule has 0 fully saturated rings. The fraction of sp³-hybridized carbons (Fsp3) is 0.0714. The first kappa shape index (κ1) is 12.6. The number of carbonyl (C=O) groups is 1. The largest absolute Gasteiger partial charge is 0.322 e. The molecule has 3 rings (SSSR count). The van der Waals surface area contributed by atoms with Crippen LogP contribution in [0.5, 0.6) is 0 Å². The van der Waals surface area contributed by atoms with Gasteiger partial charge in [0.1, 0.15) is 5.01 Å². The lowest BCUT2D eigenvalue weighted by molar-refractivity contribution is 0.102. The summed E-state index contributed by atoms with van der Waals surface area (Å²) in [5, 5.41) is 9.72. The van der Waals surface area contributed by atoms with Crippen molar-refractivity contribution in [2.75, 3.05) is 5.32 Å². The van der Waals surface area contributed by atoms with Crippen molar-refractivity contribution < 1.29 is 4.79 Å². The third kappa shape index (κ3) is 2.60. The van der Waals surface area contributed by atoms with Crippen LogP contribution in [-0.2, 0) is 7.05 Å². The van der Waals surface area contributed by atoms with Crippen LogP contribution in [0.25, 0.3) is 10.6 Å². The van der Waals surface area contributed by atoms with Gasteiger partial charge in [-0.15, -0.1) is 11.3 Å². The highest BCUT2D eigenvalue weighted by atomic mass is 32.1. The summed E-state index contributed by atoms with van der Waals surface area (Å²) in [5.41, 5.74) is 2.33. The second kappa shape index (κ2) is 5.26. The van der Waals surface area contributed by atoms with Gasteiger partial charge in [-0.25, -0.2) is 4.98 Å². The number of hydrogen-bond acceptors (Lipinski definition) is 4. The average molecular weight is 284 g/mol. The highest BCUT2D eigenvalue weighted by Crippen LogP contribution is 2.23. The minimum Gasteiger partial charge on any atom is -0.322 e. The summed E-state index contributed by atoms with van der Waals surface area (Å²) in [6, 6.07) is 7.62. The van der Waals surface area contributed by atoms with Gasteiger partial charge in [0.25, 0.3) is 5.91 Å². The summed E-state index contributed by atoms with van der Waals surface area (Å²) < 4.78 is 1.60. The number of nitrogens with zero attached hydrogens (tertiary/aromatic N) is 3. The molecule has 1 amide bonds. The molecule has 2 aromatic heterocycles. The highest BCUT2D eigenvalue weighted by Gasteiger charge is 2.08. The molecule has 0 radical (unpaired) electrons. The molecular formula is C14H12N4OS. The molecule has 0 aliphatic carbocycles. The maximum Gasteiger partial charge on any atom is 0.258 e. The van der Waals surface area contributed by atoms with E-state index in [9.17, 15) is 4.79 Å². The maximum absolute atomic E-state index is 12.0. The second-order valence-electron chi connectivity index (χ2n) is 4.27. The lowest BCUT2D eigenvalue weighted by Gasteiger charge is -2.04. The molecule has 0 aliphatic rings. The number of nitrogens with one attached hydrogen (secondary N) is 1. The van der Waals surface area contributed by atoms with Crippen LogP contribution in [0.4, 0.5) is 5.69 Å². The molecule has 0 saturated carbocycles. The van der Waals surface area contributed by atoms with Crippen molar-refractivity contribution in [2.24, 2.45) is 7.05 Å². The number of rotatable bonds is 3. The van der Waals surface area contributed by atoms with E-state index in [1.54, 1.807) is 41.7 Å². The fourth-order valence-electron chi connectivity index (χ4n) is 1.80.